The molecule has 0 aromatic heterocycles. The molecule has 0 aliphatic carbocycles. The van der Waals surface area contributed by atoms with Crippen LogP contribution in [0.15, 0.2) is 12.2 Å². The van der Waals surface area contributed by atoms with Gasteiger partial charge in [-0.3, -0.25) is 4.79 Å². The van der Waals surface area contributed by atoms with E-state index in [2.05, 4.69) is 13.5 Å². The minimum atomic E-state index is 0.251. The Morgan fingerprint density at radius 1 is 1.27 bits per heavy atom. The molecule has 0 aromatic carbocycles. The number of allylic oxidation sites excluding steroid dienone is 1. The van der Waals surface area contributed by atoms with Crippen LogP contribution in [0, 0.1) is 0 Å². The van der Waals surface area contributed by atoms with Gasteiger partial charge in [-0.1, -0.05) is 33.3 Å². The Balaban J connectivity index is 3.44. The van der Waals surface area contributed by atoms with E-state index >= 15 is 0 Å². The molecule has 1 heteroatoms. The Hall–Kier alpha value is -0.590. The first-order valence-corrected chi connectivity index (χ1v) is 4.43. The number of hydrogen-bond acceptors (Lipinski definition) is 1. The fraction of sp³-hybridized carbons (Fsp3) is 0.700. The molecule has 11 heavy (non-hydrogen) atoms. The molecule has 0 amide bonds. The molecule has 0 saturated heterocycles. The topological polar surface area (TPSA) is 17.1 Å². The molecule has 0 unspecified atom stereocenters. The Labute approximate surface area is 69.5 Å². The molecule has 0 atom stereocenters. The highest BCUT2D eigenvalue weighted by Gasteiger charge is 2.02. The lowest BCUT2D eigenvalue weighted by Gasteiger charge is -1.99. The maximum atomic E-state index is 11.1. The third kappa shape index (κ3) is 4.77. The van der Waals surface area contributed by atoms with Gasteiger partial charge in [0.1, 0.15) is 0 Å². The van der Waals surface area contributed by atoms with Crippen molar-refractivity contribution in [3.63, 3.8) is 0 Å². The van der Waals surface area contributed by atoms with E-state index in [-0.39, 0.29) is 5.78 Å². The zero-order chi connectivity index (χ0) is 8.69. The summed E-state index contributed by atoms with van der Waals surface area (Å²) in [7, 11) is 0. The van der Waals surface area contributed by atoms with Crippen LogP contribution in [0.4, 0.5) is 0 Å². The van der Waals surface area contributed by atoms with Gasteiger partial charge < -0.3 is 0 Å². The molecule has 0 aromatic rings. The van der Waals surface area contributed by atoms with Gasteiger partial charge in [0.25, 0.3) is 0 Å². The van der Waals surface area contributed by atoms with Crippen LogP contribution >= 0.6 is 0 Å². The van der Waals surface area contributed by atoms with E-state index in [1.54, 1.807) is 0 Å². The average molecular weight is 154 g/mol. The molecule has 0 radical (unpaired) electrons. The summed E-state index contributed by atoms with van der Waals surface area (Å²) in [4.78, 5) is 11.1. The van der Waals surface area contributed by atoms with Gasteiger partial charge in [-0.2, -0.15) is 0 Å². The predicted octanol–water partition coefficient (Wildman–Crippen LogP) is 3.10. The van der Waals surface area contributed by atoms with E-state index < -0.39 is 0 Å². The first-order chi connectivity index (χ1) is 5.22. The van der Waals surface area contributed by atoms with Gasteiger partial charge in [-0.05, 0) is 18.4 Å². The number of carbonyl (C=O) groups excluding carboxylic acids is 1. The predicted molar refractivity (Wildman–Crippen MR) is 48.6 cm³/mol. The molecule has 0 saturated carbocycles. The molecule has 1 nitrogen and oxygen atoms in total. The first-order valence-electron chi connectivity index (χ1n) is 4.43. The second-order valence-electron chi connectivity index (χ2n) is 2.84. The van der Waals surface area contributed by atoms with Gasteiger partial charge >= 0.3 is 0 Å². The smallest absolute Gasteiger partial charge is 0.158 e. The lowest BCUT2D eigenvalue weighted by Crippen LogP contribution is -1.99. The lowest BCUT2D eigenvalue weighted by molar-refractivity contribution is -0.115. The van der Waals surface area contributed by atoms with Crippen LogP contribution in [-0.2, 0) is 4.79 Å². The maximum Gasteiger partial charge on any atom is 0.158 e. The van der Waals surface area contributed by atoms with E-state index in [1.165, 1.54) is 6.42 Å². The SMILES string of the molecule is C=C(CC)C(=O)CCCCC. The number of carbonyl (C=O) groups is 1. The average Bonchev–Trinajstić information content (AvgIpc) is 2.03. The fourth-order valence-corrected chi connectivity index (χ4v) is 0.910. The minimum absolute atomic E-state index is 0.251. The minimum Gasteiger partial charge on any atom is -0.295 e. The molecule has 0 spiro atoms. The van der Waals surface area contributed by atoms with Crippen molar-refractivity contribution in [2.24, 2.45) is 0 Å². The highest BCUT2D eigenvalue weighted by molar-refractivity contribution is 5.94. The third-order valence-corrected chi connectivity index (χ3v) is 1.83. The highest BCUT2D eigenvalue weighted by atomic mass is 16.1. The van der Waals surface area contributed by atoms with E-state index in [9.17, 15) is 4.79 Å². The monoisotopic (exact) mass is 154 g/mol. The van der Waals surface area contributed by atoms with E-state index in [4.69, 9.17) is 0 Å². The van der Waals surface area contributed by atoms with Crippen molar-refractivity contribution in [1.82, 2.24) is 0 Å². The normalized spacial score (nSPS) is 9.64. The number of Topliss-reactive ketones (excluding diaryl/α,β-unsaturated/α-hetero) is 1. The Morgan fingerprint density at radius 2 is 1.91 bits per heavy atom. The summed E-state index contributed by atoms with van der Waals surface area (Å²) in [5.41, 5.74) is 0.779. The molecular formula is C10H18O. The van der Waals surface area contributed by atoms with Crippen molar-refractivity contribution >= 4 is 5.78 Å². The van der Waals surface area contributed by atoms with Crippen molar-refractivity contribution in [2.75, 3.05) is 0 Å². The van der Waals surface area contributed by atoms with Crippen molar-refractivity contribution in [1.29, 1.82) is 0 Å². The van der Waals surface area contributed by atoms with Gasteiger partial charge in [0.2, 0.25) is 0 Å². The molecule has 0 rings (SSSR count). The second kappa shape index (κ2) is 6.14. The van der Waals surface area contributed by atoms with E-state index in [0.29, 0.717) is 6.42 Å². The third-order valence-electron chi connectivity index (χ3n) is 1.83. The second-order valence-corrected chi connectivity index (χ2v) is 2.84. The summed E-state index contributed by atoms with van der Waals surface area (Å²) in [6.45, 7) is 7.81. The Morgan fingerprint density at radius 3 is 2.36 bits per heavy atom. The largest absolute Gasteiger partial charge is 0.295 e. The summed E-state index contributed by atoms with van der Waals surface area (Å²) in [6, 6.07) is 0. The van der Waals surface area contributed by atoms with Gasteiger partial charge in [0, 0.05) is 6.42 Å². The van der Waals surface area contributed by atoms with Crippen molar-refractivity contribution in [3.05, 3.63) is 12.2 Å². The standard InChI is InChI=1S/C10H18O/c1-4-6-7-8-10(11)9(3)5-2/h3-8H2,1-2H3. The summed E-state index contributed by atoms with van der Waals surface area (Å²) >= 11 is 0. The summed E-state index contributed by atoms with van der Waals surface area (Å²) in [6.07, 6.45) is 4.84. The molecular weight excluding hydrogens is 136 g/mol. The molecule has 0 heterocycles. The fourth-order valence-electron chi connectivity index (χ4n) is 0.910. The number of ketones is 1. The molecule has 64 valence electrons. The number of unbranched alkanes of at least 4 members (excludes halogenated alkanes) is 2. The number of rotatable bonds is 6. The summed E-state index contributed by atoms with van der Waals surface area (Å²) in [5.74, 6) is 0.251. The van der Waals surface area contributed by atoms with Gasteiger partial charge in [0.15, 0.2) is 5.78 Å². The van der Waals surface area contributed by atoms with Crippen LogP contribution in [-0.4, -0.2) is 5.78 Å². The van der Waals surface area contributed by atoms with Crippen molar-refractivity contribution < 1.29 is 4.79 Å². The van der Waals surface area contributed by atoms with Crippen LogP contribution in [0.2, 0.25) is 0 Å². The van der Waals surface area contributed by atoms with Crippen LogP contribution in [0.3, 0.4) is 0 Å². The highest BCUT2D eigenvalue weighted by Crippen LogP contribution is 2.06. The van der Waals surface area contributed by atoms with Crippen LogP contribution in [0.5, 0.6) is 0 Å². The maximum absolute atomic E-state index is 11.1. The number of hydrogen-bond donors (Lipinski definition) is 0. The van der Waals surface area contributed by atoms with Crippen molar-refractivity contribution in [2.45, 2.75) is 46.0 Å². The van der Waals surface area contributed by atoms with Gasteiger partial charge in [0.05, 0.1) is 0 Å². The Kier molecular flexibility index (Phi) is 5.81. The molecule has 0 fully saturated rings. The quantitative estimate of drug-likeness (QED) is 0.424. The van der Waals surface area contributed by atoms with E-state index in [0.717, 1.165) is 24.8 Å². The van der Waals surface area contributed by atoms with Gasteiger partial charge in [-0.15, -0.1) is 0 Å². The van der Waals surface area contributed by atoms with E-state index in [1.807, 2.05) is 6.92 Å². The van der Waals surface area contributed by atoms with Crippen LogP contribution in [0.25, 0.3) is 0 Å². The summed E-state index contributed by atoms with van der Waals surface area (Å²) in [5, 5.41) is 0. The molecule has 0 aliphatic heterocycles. The van der Waals surface area contributed by atoms with Crippen LogP contribution in [0.1, 0.15) is 46.0 Å². The molecule has 0 bridgehead atoms. The summed E-state index contributed by atoms with van der Waals surface area (Å²) < 4.78 is 0. The van der Waals surface area contributed by atoms with Crippen molar-refractivity contribution in [3.8, 4) is 0 Å². The Bertz CT molecular complexity index is 136. The zero-order valence-electron chi connectivity index (χ0n) is 7.65. The lowest BCUT2D eigenvalue weighted by atomic mass is 10.0. The zero-order valence-corrected chi connectivity index (χ0v) is 7.65. The van der Waals surface area contributed by atoms with Gasteiger partial charge in [-0.25, -0.2) is 0 Å². The first kappa shape index (κ1) is 10.4. The van der Waals surface area contributed by atoms with Crippen LogP contribution < -0.4 is 0 Å². The molecule has 0 aliphatic rings. The molecule has 0 N–H and O–H groups in total.